The molecular weight excluding hydrogens is 260 g/mol. The third-order valence-electron chi connectivity index (χ3n) is 3.76. The maximum absolute atomic E-state index is 12.5. The van der Waals surface area contributed by atoms with Gasteiger partial charge in [-0.05, 0) is 49.9 Å². The number of nitrogen functional groups attached to an aromatic ring is 1. The molecule has 0 bridgehead atoms. The van der Waals surface area contributed by atoms with Gasteiger partial charge in [0.2, 0.25) is 10.0 Å². The SMILES string of the molecule is CCC(CC)(CC)NS(=O)(=O)c1cc(C)cc(N)c1. The van der Waals surface area contributed by atoms with Gasteiger partial charge in [-0.15, -0.1) is 0 Å². The number of nitrogens with one attached hydrogen (secondary N) is 1. The number of sulfonamides is 1. The minimum absolute atomic E-state index is 0.240. The Hall–Kier alpha value is -1.07. The molecule has 0 saturated heterocycles. The van der Waals surface area contributed by atoms with Gasteiger partial charge in [-0.25, -0.2) is 13.1 Å². The minimum Gasteiger partial charge on any atom is -0.399 e. The molecule has 5 heteroatoms. The third-order valence-corrected chi connectivity index (χ3v) is 5.32. The molecule has 0 fully saturated rings. The molecule has 0 amide bonds. The number of aryl methyl sites for hydroxylation is 1. The van der Waals surface area contributed by atoms with Crippen LogP contribution >= 0.6 is 0 Å². The summed E-state index contributed by atoms with van der Waals surface area (Å²) in [6.07, 6.45) is 2.29. The van der Waals surface area contributed by atoms with Crippen LogP contribution < -0.4 is 10.5 Å². The van der Waals surface area contributed by atoms with Gasteiger partial charge in [-0.3, -0.25) is 0 Å². The lowest BCUT2D eigenvalue weighted by Gasteiger charge is -2.31. The number of nitrogens with two attached hydrogens (primary N) is 1. The van der Waals surface area contributed by atoms with Crippen LogP contribution in [0.15, 0.2) is 23.1 Å². The molecule has 0 spiro atoms. The summed E-state index contributed by atoms with van der Waals surface area (Å²) in [4.78, 5) is 0.240. The van der Waals surface area contributed by atoms with E-state index in [0.29, 0.717) is 5.69 Å². The van der Waals surface area contributed by atoms with Gasteiger partial charge in [0.25, 0.3) is 0 Å². The van der Waals surface area contributed by atoms with Crippen molar-refractivity contribution in [1.29, 1.82) is 0 Å². The molecule has 3 N–H and O–H groups in total. The Kier molecular flexibility index (Phi) is 4.98. The number of hydrogen-bond acceptors (Lipinski definition) is 3. The van der Waals surface area contributed by atoms with Crippen molar-refractivity contribution < 1.29 is 8.42 Å². The quantitative estimate of drug-likeness (QED) is 0.789. The Morgan fingerprint density at radius 1 is 1.11 bits per heavy atom. The van der Waals surface area contributed by atoms with E-state index in [1.54, 1.807) is 12.1 Å². The lowest BCUT2D eigenvalue weighted by Crippen LogP contribution is -2.46. The van der Waals surface area contributed by atoms with Crippen molar-refractivity contribution in [2.45, 2.75) is 57.4 Å². The average molecular weight is 284 g/mol. The second-order valence-electron chi connectivity index (χ2n) is 5.03. The van der Waals surface area contributed by atoms with Crippen LogP contribution in [0.1, 0.15) is 45.6 Å². The molecule has 4 nitrogen and oxygen atoms in total. The maximum atomic E-state index is 12.5. The highest BCUT2D eigenvalue weighted by molar-refractivity contribution is 7.89. The average Bonchev–Trinajstić information content (AvgIpc) is 2.35. The predicted molar refractivity (Wildman–Crippen MR) is 79.5 cm³/mol. The monoisotopic (exact) mass is 284 g/mol. The first-order valence-corrected chi connectivity index (χ1v) is 8.18. The predicted octanol–water partition coefficient (Wildman–Crippen LogP) is 2.82. The molecule has 19 heavy (non-hydrogen) atoms. The molecular formula is C14H24N2O2S. The van der Waals surface area contributed by atoms with E-state index in [1.165, 1.54) is 6.07 Å². The summed E-state index contributed by atoms with van der Waals surface area (Å²) in [5.74, 6) is 0. The molecule has 1 rings (SSSR count). The molecule has 108 valence electrons. The zero-order valence-electron chi connectivity index (χ0n) is 12.2. The van der Waals surface area contributed by atoms with Gasteiger partial charge < -0.3 is 5.73 Å². The lowest BCUT2D eigenvalue weighted by molar-refractivity contribution is 0.341. The molecule has 0 atom stereocenters. The van der Waals surface area contributed by atoms with E-state index in [0.717, 1.165) is 24.8 Å². The standard InChI is InChI=1S/C14H24N2O2S/c1-5-14(6-2,7-3)16-19(17,18)13-9-11(4)8-12(15)10-13/h8-10,16H,5-7,15H2,1-4H3. The molecule has 0 aliphatic rings. The van der Waals surface area contributed by atoms with E-state index in [9.17, 15) is 8.42 Å². The largest absolute Gasteiger partial charge is 0.399 e. The molecule has 0 aliphatic heterocycles. The normalized spacial score (nSPS) is 12.6. The van der Waals surface area contributed by atoms with Crippen LogP contribution in [0.3, 0.4) is 0 Å². The van der Waals surface area contributed by atoms with E-state index < -0.39 is 10.0 Å². The Morgan fingerprint density at radius 3 is 2.05 bits per heavy atom. The summed E-state index contributed by atoms with van der Waals surface area (Å²) in [6.45, 7) is 7.84. The molecule has 0 unspecified atom stereocenters. The van der Waals surface area contributed by atoms with Crippen LogP contribution in [-0.4, -0.2) is 14.0 Å². The van der Waals surface area contributed by atoms with Gasteiger partial charge in [0.15, 0.2) is 0 Å². The Balaban J connectivity index is 3.17. The van der Waals surface area contributed by atoms with Crippen LogP contribution in [0.2, 0.25) is 0 Å². The van der Waals surface area contributed by atoms with E-state index in [4.69, 9.17) is 5.73 Å². The molecule has 1 aromatic rings. The first kappa shape index (κ1) is 16.0. The third kappa shape index (κ3) is 3.70. The fourth-order valence-corrected chi connectivity index (χ4v) is 4.00. The van der Waals surface area contributed by atoms with Crippen molar-refractivity contribution in [1.82, 2.24) is 4.72 Å². The fraction of sp³-hybridized carbons (Fsp3) is 0.571. The van der Waals surface area contributed by atoms with E-state index in [2.05, 4.69) is 4.72 Å². The van der Waals surface area contributed by atoms with Crippen molar-refractivity contribution in [3.05, 3.63) is 23.8 Å². The highest BCUT2D eigenvalue weighted by Crippen LogP contribution is 2.24. The topological polar surface area (TPSA) is 72.2 Å². The van der Waals surface area contributed by atoms with Crippen molar-refractivity contribution in [3.63, 3.8) is 0 Å². The Bertz CT molecular complexity index is 506. The van der Waals surface area contributed by atoms with Crippen LogP contribution in [0.5, 0.6) is 0 Å². The maximum Gasteiger partial charge on any atom is 0.241 e. The summed E-state index contributed by atoms with van der Waals surface area (Å²) in [7, 11) is -3.53. The Labute approximate surface area is 116 Å². The van der Waals surface area contributed by atoms with Crippen molar-refractivity contribution in [2.75, 3.05) is 5.73 Å². The van der Waals surface area contributed by atoms with Crippen LogP contribution in [0, 0.1) is 6.92 Å². The minimum atomic E-state index is -3.53. The second-order valence-corrected chi connectivity index (χ2v) is 6.71. The summed E-state index contributed by atoms with van der Waals surface area (Å²) in [5.41, 5.74) is 6.66. The molecule has 1 aromatic carbocycles. The van der Waals surface area contributed by atoms with Crippen molar-refractivity contribution in [2.24, 2.45) is 0 Å². The second kappa shape index (κ2) is 5.92. The van der Waals surface area contributed by atoms with E-state index in [1.807, 2.05) is 27.7 Å². The van der Waals surface area contributed by atoms with Crippen LogP contribution in [0.25, 0.3) is 0 Å². The summed E-state index contributed by atoms with van der Waals surface area (Å²) in [6, 6.07) is 4.90. The van der Waals surface area contributed by atoms with Crippen molar-refractivity contribution >= 4 is 15.7 Å². The first-order chi connectivity index (χ1) is 8.78. The van der Waals surface area contributed by atoms with E-state index >= 15 is 0 Å². The number of benzene rings is 1. The highest BCUT2D eigenvalue weighted by Gasteiger charge is 2.30. The zero-order chi connectivity index (χ0) is 14.7. The number of rotatable bonds is 6. The smallest absolute Gasteiger partial charge is 0.241 e. The number of hydrogen-bond donors (Lipinski definition) is 2. The van der Waals surface area contributed by atoms with Gasteiger partial charge in [0.05, 0.1) is 4.90 Å². The van der Waals surface area contributed by atoms with Gasteiger partial charge in [0, 0.05) is 11.2 Å². The lowest BCUT2D eigenvalue weighted by atomic mass is 9.91. The molecule has 0 heterocycles. The van der Waals surface area contributed by atoms with Gasteiger partial charge in [-0.2, -0.15) is 0 Å². The van der Waals surface area contributed by atoms with Crippen LogP contribution in [-0.2, 0) is 10.0 Å². The van der Waals surface area contributed by atoms with Crippen molar-refractivity contribution in [3.8, 4) is 0 Å². The number of anilines is 1. The van der Waals surface area contributed by atoms with Crippen LogP contribution in [0.4, 0.5) is 5.69 Å². The van der Waals surface area contributed by atoms with Gasteiger partial charge in [-0.1, -0.05) is 20.8 Å². The summed E-state index contributed by atoms with van der Waals surface area (Å²) < 4.78 is 27.8. The molecule has 0 aliphatic carbocycles. The fourth-order valence-electron chi connectivity index (χ4n) is 2.24. The molecule has 0 aromatic heterocycles. The first-order valence-electron chi connectivity index (χ1n) is 6.69. The summed E-state index contributed by atoms with van der Waals surface area (Å²) >= 11 is 0. The zero-order valence-corrected chi connectivity index (χ0v) is 13.0. The summed E-state index contributed by atoms with van der Waals surface area (Å²) in [5, 5.41) is 0. The highest BCUT2D eigenvalue weighted by atomic mass is 32.2. The molecule has 0 saturated carbocycles. The van der Waals surface area contributed by atoms with Gasteiger partial charge in [0.1, 0.15) is 0 Å². The van der Waals surface area contributed by atoms with E-state index in [-0.39, 0.29) is 10.4 Å². The molecule has 0 radical (unpaired) electrons. The Morgan fingerprint density at radius 2 is 1.63 bits per heavy atom. The van der Waals surface area contributed by atoms with Gasteiger partial charge >= 0.3 is 0 Å².